The van der Waals surface area contributed by atoms with Crippen LogP contribution in [-0.2, 0) is 14.3 Å². The van der Waals surface area contributed by atoms with Gasteiger partial charge in [0.2, 0.25) is 0 Å². The zero-order valence-corrected chi connectivity index (χ0v) is 19.3. The molecule has 168 valence electrons. The summed E-state index contributed by atoms with van der Waals surface area (Å²) in [7, 11) is 0. The van der Waals surface area contributed by atoms with E-state index in [0.29, 0.717) is 19.6 Å². The Morgan fingerprint density at radius 2 is 1.10 bits per heavy atom. The molecule has 1 atom stereocenters. The first-order valence-electron chi connectivity index (χ1n) is 11.4. The Morgan fingerprint density at radius 1 is 0.667 bits per heavy atom. The lowest BCUT2D eigenvalue weighted by molar-refractivity contribution is -0.156. The second-order valence-electron chi connectivity index (χ2n) is 6.76. The highest BCUT2D eigenvalue weighted by Crippen LogP contribution is 2.05. The van der Waals surface area contributed by atoms with E-state index in [1.54, 1.807) is 0 Å². The monoisotopic (exact) mass is 414 g/mol. The van der Waals surface area contributed by atoms with Crippen LogP contribution in [0.5, 0.6) is 0 Å². The molecular weight excluding hydrogens is 372 g/mol. The van der Waals surface area contributed by atoms with Crippen molar-refractivity contribution in [2.45, 2.75) is 78.2 Å². The van der Waals surface area contributed by atoms with E-state index in [0.717, 1.165) is 44.9 Å². The minimum absolute atomic E-state index is 0.273. The van der Waals surface area contributed by atoms with Gasteiger partial charge in [0.15, 0.2) is 6.10 Å². The van der Waals surface area contributed by atoms with Crippen LogP contribution in [0.15, 0.2) is 72.9 Å². The molecule has 0 aliphatic rings. The Labute approximate surface area is 184 Å². The molecule has 0 aromatic carbocycles. The number of hydrogen-bond acceptors (Lipinski definition) is 3. The van der Waals surface area contributed by atoms with Gasteiger partial charge in [-0.2, -0.15) is 0 Å². The van der Waals surface area contributed by atoms with Crippen LogP contribution in [-0.4, -0.2) is 25.3 Å². The number of allylic oxidation sites excluding steroid dienone is 11. The van der Waals surface area contributed by atoms with Gasteiger partial charge in [-0.1, -0.05) is 86.8 Å². The summed E-state index contributed by atoms with van der Waals surface area (Å²) in [6.07, 6.45) is 32.8. The second kappa shape index (κ2) is 23.2. The van der Waals surface area contributed by atoms with Crippen LogP contribution in [0.3, 0.4) is 0 Å². The average molecular weight is 415 g/mol. The number of carbonyl (C=O) groups excluding carboxylic acids is 1. The highest BCUT2D eigenvalue weighted by atomic mass is 16.6. The quantitative estimate of drug-likeness (QED) is 0.173. The van der Waals surface area contributed by atoms with Gasteiger partial charge in [-0.15, -0.1) is 0 Å². The maximum Gasteiger partial charge on any atom is 0.335 e. The van der Waals surface area contributed by atoms with Crippen molar-refractivity contribution in [3.63, 3.8) is 0 Å². The van der Waals surface area contributed by atoms with E-state index >= 15 is 0 Å². The van der Waals surface area contributed by atoms with Gasteiger partial charge in [-0.25, -0.2) is 4.79 Å². The predicted molar refractivity (Wildman–Crippen MR) is 129 cm³/mol. The smallest absolute Gasteiger partial charge is 0.335 e. The fourth-order valence-electron chi connectivity index (χ4n) is 2.47. The van der Waals surface area contributed by atoms with Crippen LogP contribution in [0.4, 0.5) is 0 Å². The summed E-state index contributed by atoms with van der Waals surface area (Å²) >= 11 is 0. The SMILES string of the molecule is CC/C=C\C/C=C\C/C=C\C/C=C\C/C=C\C/C=C/CC(OCCC)C(=O)OCC. The lowest BCUT2D eigenvalue weighted by Gasteiger charge is -2.14. The molecule has 0 heterocycles. The second-order valence-corrected chi connectivity index (χ2v) is 6.76. The Morgan fingerprint density at radius 3 is 1.50 bits per heavy atom. The van der Waals surface area contributed by atoms with Gasteiger partial charge < -0.3 is 9.47 Å². The maximum atomic E-state index is 11.8. The van der Waals surface area contributed by atoms with Crippen LogP contribution < -0.4 is 0 Å². The van der Waals surface area contributed by atoms with Gasteiger partial charge in [0, 0.05) is 13.0 Å². The summed E-state index contributed by atoms with van der Waals surface area (Å²) in [5.74, 6) is -0.273. The fourth-order valence-corrected chi connectivity index (χ4v) is 2.47. The highest BCUT2D eigenvalue weighted by molar-refractivity contribution is 5.74. The van der Waals surface area contributed by atoms with E-state index in [-0.39, 0.29) is 5.97 Å². The molecule has 0 fully saturated rings. The number of rotatable bonds is 18. The fraction of sp³-hybridized carbons (Fsp3) is 0.519. The minimum atomic E-state index is -0.491. The minimum Gasteiger partial charge on any atom is -0.464 e. The molecule has 30 heavy (non-hydrogen) atoms. The van der Waals surface area contributed by atoms with Crippen molar-refractivity contribution in [2.75, 3.05) is 13.2 Å². The van der Waals surface area contributed by atoms with Crippen molar-refractivity contribution < 1.29 is 14.3 Å². The molecule has 0 radical (unpaired) electrons. The number of hydrogen-bond donors (Lipinski definition) is 0. The molecule has 0 saturated heterocycles. The first-order valence-corrected chi connectivity index (χ1v) is 11.4. The van der Waals surface area contributed by atoms with Gasteiger partial charge in [0.05, 0.1) is 6.61 Å². The molecule has 3 heteroatoms. The summed E-state index contributed by atoms with van der Waals surface area (Å²) in [6, 6.07) is 0. The number of carbonyl (C=O) groups is 1. The predicted octanol–water partition coefficient (Wildman–Crippen LogP) is 7.43. The van der Waals surface area contributed by atoms with Gasteiger partial charge in [-0.05, 0) is 51.9 Å². The number of ether oxygens (including phenoxy) is 2. The van der Waals surface area contributed by atoms with E-state index in [1.165, 1.54) is 0 Å². The standard InChI is InChI=1S/C27H42O3/c1-4-7-8-9-10-11-12-13-14-15-16-17-18-19-20-21-22-23-24-26(30-25-5-2)27(28)29-6-3/h7-8,10-11,13-14,16-17,19-20,22-23,26H,4-6,9,12,15,18,21,24-25H2,1-3H3/b8-7-,11-10-,14-13-,17-16-,20-19-,23-22+. The molecule has 0 N–H and O–H groups in total. The molecule has 0 amide bonds. The molecule has 0 spiro atoms. The van der Waals surface area contributed by atoms with Gasteiger partial charge >= 0.3 is 5.97 Å². The summed E-state index contributed by atoms with van der Waals surface area (Å²) < 4.78 is 10.6. The first kappa shape index (κ1) is 27.9. The Hall–Kier alpha value is -2.13. The van der Waals surface area contributed by atoms with Gasteiger partial charge in [0.1, 0.15) is 0 Å². The van der Waals surface area contributed by atoms with Crippen molar-refractivity contribution in [1.82, 2.24) is 0 Å². The summed E-state index contributed by atoms with van der Waals surface area (Å²) in [5.41, 5.74) is 0. The van der Waals surface area contributed by atoms with Crippen molar-refractivity contribution >= 4 is 5.97 Å². The molecule has 0 aliphatic carbocycles. The topological polar surface area (TPSA) is 35.5 Å². The lowest BCUT2D eigenvalue weighted by Crippen LogP contribution is -2.26. The molecule has 0 aromatic heterocycles. The lowest BCUT2D eigenvalue weighted by atomic mass is 10.2. The first-order chi connectivity index (χ1) is 14.8. The van der Waals surface area contributed by atoms with E-state index in [2.05, 4.69) is 73.8 Å². The average Bonchev–Trinajstić information content (AvgIpc) is 2.75. The molecule has 3 nitrogen and oxygen atoms in total. The molecule has 0 aromatic rings. The van der Waals surface area contributed by atoms with E-state index in [4.69, 9.17) is 9.47 Å². The zero-order valence-electron chi connectivity index (χ0n) is 19.3. The van der Waals surface area contributed by atoms with Crippen LogP contribution in [0, 0.1) is 0 Å². The van der Waals surface area contributed by atoms with Crippen molar-refractivity contribution in [2.24, 2.45) is 0 Å². The van der Waals surface area contributed by atoms with E-state index < -0.39 is 6.10 Å². The third-order valence-electron chi connectivity index (χ3n) is 4.02. The third-order valence-corrected chi connectivity index (χ3v) is 4.02. The van der Waals surface area contributed by atoms with Crippen LogP contribution in [0.2, 0.25) is 0 Å². The number of esters is 1. The summed E-state index contributed by atoms with van der Waals surface area (Å²) in [6.45, 7) is 6.95. The van der Waals surface area contributed by atoms with Gasteiger partial charge in [-0.3, -0.25) is 0 Å². The van der Waals surface area contributed by atoms with Crippen LogP contribution in [0.25, 0.3) is 0 Å². The van der Waals surface area contributed by atoms with Crippen LogP contribution >= 0.6 is 0 Å². The van der Waals surface area contributed by atoms with E-state index in [9.17, 15) is 4.79 Å². The third kappa shape index (κ3) is 19.2. The normalized spacial score (nSPS) is 13.8. The maximum absolute atomic E-state index is 11.8. The largest absolute Gasteiger partial charge is 0.464 e. The Kier molecular flexibility index (Phi) is 21.5. The van der Waals surface area contributed by atoms with Crippen molar-refractivity contribution in [1.29, 1.82) is 0 Å². The molecule has 0 bridgehead atoms. The van der Waals surface area contributed by atoms with Crippen LogP contribution in [0.1, 0.15) is 72.1 Å². The molecule has 0 saturated carbocycles. The summed E-state index contributed by atoms with van der Waals surface area (Å²) in [5, 5.41) is 0. The van der Waals surface area contributed by atoms with Crippen molar-refractivity contribution in [3.8, 4) is 0 Å². The highest BCUT2D eigenvalue weighted by Gasteiger charge is 2.18. The summed E-state index contributed by atoms with van der Waals surface area (Å²) in [4.78, 5) is 11.8. The molecular formula is C27H42O3. The van der Waals surface area contributed by atoms with E-state index in [1.807, 2.05) is 19.9 Å². The molecule has 0 rings (SSSR count). The Bertz CT molecular complexity index is 565. The van der Waals surface area contributed by atoms with Gasteiger partial charge in [0.25, 0.3) is 0 Å². The van der Waals surface area contributed by atoms with Crippen molar-refractivity contribution in [3.05, 3.63) is 72.9 Å². The molecule has 1 unspecified atom stereocenters. The molecule has 0 aliphatic heterocycles. The Balaban J connectivity index is 3.86. The zero-order chi connectivity index (χ0) is 22.1.